The van der Waals surface area contributed by atoms with Crippen LogP contribution in [0, 0.1) is 13.8 Å². The number of nitrogens with one attached hydrogen (secondary N) is 1. The maximum absolute atomic E-state index is 11.8. The van der Waals surface area contributed by atoms with E-state index in [-0.39, 0.29) is 31.5 Å². The highest BCUT2D eigenvalue weighted by Crippen LogP contribution is 2.13. The zero-order chi connectivity index (χ0) is 13.7. The van der Waals surface area contributed by atoms with E-state index in [2.05, 4.69) is 5.32 Å². The van der Waals surface area contributed by atoms with Gasteiger partial charge in [0.05, 0.1) is 18.7 Å². The number of aliphatic hydroxyl groups excluding tert-OH is 1. The third kappa shape index (κ3) is 3.59. The average Bonchev–Trinajstić information content (AvgIpc) is 2.65. The van der Waals surface area contributed by atoms with E-state index in [9.17, 15) is 9.59 Å². The van der Waals surface area contributed by atoms with Gasteiger partial charge >= 0.3 is 0 Å². The van der Waals surface area contributed by atoms with Crippen LogP contribution in [-0.2, 0) is 4.79 Å². The molecular formula is C12H18N2O4. The Hall–Kier alpha value is -1.82. The second-order valence-corrected chi connectivity index (χ2v) is 4.05. The first kappa shape index (κ1) is 14.2. The van der Waals surface area contributed by atoms with Crippen molar-refractivity contribution < 1.29 is 19.1 Å². The standard InChI is InChI=1S/C12H18N2O4/c1-8-6-10(9(2)18-8)12(17)13-7-11(16)14(3)4-5-15/h6,15H,4-5,7H2,1-3H3,(H,13,17). The number of carbonyl (C=O) groups is 2. The lowest BCUT2D eigenvalue weighted by atomic mass is 10.2. The van der Waals surface area contributed by atoms with Crippen LogP contribution in [0.4, 0.5) is 0 Å². The van der Waals surface area contributed by atoms with Gasteiger partial charge in [0.1, 0.15) is 11.5 Å². The molecule has 0 spiro atoms. The molecule has 1 aromatic heterocycles. The summed E-state index contributed by atoms with van der Waals surface area (Å²) in [7, 11) is 1.57. The predicted molar refractivity (Wildman–Crippen MR) is 65.2 cm³/mol. The topological polar surface area (TPSA) is 82.8 Å². The third-order valence-electron chi connectivity index (χ3n) is 2.55. The SMILES string of the molecule is Cc1cc(C(=O)NCC(=O)N(C)CCO)c(C)o1. The van der Waals surface area contributed by atoms with E-state index >= 15 is 0 Å². The Labute approximate surface area is 106 Å². The maximum atomic E-state index is 11.8. The predicted octanol–water partition coefficient (Wildman–Crippen LogP) is 0.0769. The van der Waals surface area contributed by atoms with Crippen LogP contribution in [0.2, 0.25) is 0 Å². The van der Waals surface area contributed by atoms with Gasteiger partial charge in [0, 0.05) is 13.6 Å². The van der Waals surface area contributed by atoms with Crippen LogP contribution in [0.5, 0.6) is 0 Å². The Morgan fingerprint density at radius 2 is 2.11 bits per heavy atom. The van der Waals surface area contributed by atoms with Crippen LogP contribution in [0.15, 0.2) is 10.5 Å². The van der Waals surface area contributed by atoms with Crippen LogP contribution >= 0.6 is 0 Å². The lowest BCUT2D eigenvalue weighted by Gasteiger charge is -2.15. The minimum atomic E-state index is -0.338. The molecule has 0 radical (unpaired) electrons. The van der Waals surface area contributed by atoms with Gasteiger partial charge in [0.2, 0.25) is 5.91 Å². The summed E-state index contributed by atoms with van der Waals surface area (Å²) in [5.41, 5.74) is 0.435. The monoisotopic (exact) mass is 254 g/mol. The number of hydrogen-bond donors (Lipinski definition) is 2. The number of aliphatic hydroxyl groups is 1. The lowest BCUT2D eigenvalue weighted by Crippen LogP contribution is -2.39. The first-order valence-electron chi connectivity index (χ1n) is 5.65. The summed E-state index contributed by atoms with van der Waals surface area (Å²) in [5.74, 6) is 0.591. The van der Waals surface area contributed by atoms with E-state index in [0.29, 0.717) is 17.1 Å². The molecule has 2 N–H and O–H groups in total. The van der Waals surface area contributed by atoms with Crippen LogP contribution < -0.4 is 5.32 Å². The molecule has 1 rings (SSSR count). The summed E-state index contributed by atoms with van der Waals surface area (Å²) >= 11 is 0. The summed E-state index contributed by atoms with van der Waals surface area (Å²) in [4.78, 5) is 24.7. The molecule has 1 heterocycles. The second kappa shape index (κ2) is 6.20. The highest BCUT2D eigenvalue weighted by atomic mass is 16.3. The van der Waals surface area contributed by atoms with Gasteiger partial charge in [-0.1, -0.05) is 0 Å². The highest BCUT2D eigenvalue weighted by Gasteiger charge is 2.15. The molecule has 100 valence electrons. The first-order chi connectivity index (χ1) is 8.45. The molecule has 0 fully saturated rings. The van der Waals surface area contributed by atoms with Crippen molar-refractivity contribution in [2.24, 2.45) is 0 Å². The number of amides is 2. The maximum Gasteiger partial charge on any atom is 0.255 e. The zero-order valence-corrected chi connectivity index (χ0v) is 10.8. The van der Waals surface area contributed by atoms with Crippen molar-refractivity contribution in [1.29, 1.82) is 0 Å². The minimum Gasteiger partial charge on any atom is -0.466 e. The number of nitrogens with zero attached hydrogens (tertiary/aromatic N) is 1. The van der Waals surface area contributed by atoms with Gasteiger partial charge in [-0.15, -0.1) is 0 Å². The number of rotatable bonds is 5. The molecule has 0 aromatic carbocycles. The van der Waals surface area contributed by atoms with Crippen molar-refractivity contribution in [2.45, 2.75) is 13.8 Å². The van der Waals surface area contributed by atoms with Crippen molar-refractivity contribution >= 4 is 11.8 Å². The van der Waals surface area contributed by atoms with Crippen LogP contribution in [-0.4, -0.2) is 48.6 Å². The normalized spacial score (nSPS) is 10.2. The van der Waals surface area contributed by atoms with Crippen molar-refractivity contribution in [1.82, 2.24) is 10.2 Å². The quantitative estimate of drug-likeness (QED) is 0.779. The third-order valence-corrected chi connectivity index (χ3v) is 2.55. The average molecular weight is 254 g/mol. The van der Waals surface area contributed by atoms with Gasteiger partial charge in [-0.3, -0.25) is 9.59 Å². The fourth-order valence-corrected chi connectivity index (χ4v) is 1.52. The van der Waals surface area contributed by atoms with E-state index in [1.165, 1.54) is 4.90 Å². The molecule has 6 nitrogen and oxygen atoms in total. The number of likely N-dealkylation sites (N-methyl/N-ethyl adjacent to an activating group) is 1. The fourth-order valence-electron chi connectivity index (χ4n) is 1.52. The Morgan fingerprint density at radius 3 is 2.61 bits per heavy atom. The largest absolute Gasteiger partial charge is 0.466 e. The molecular weight excluding hydrogens is 236 g/mol. The molecule has 18 heavy (non-hydrogen) atoms. The van der Waals surface area contributed by atoms with Crippen LogP contribution in [0.3, 0.4) is 0 Å². The molecule has 0 aliphatic carbocycles. The summed E-state index contributed by atoms with van der Waals surface area (Å²) < 4.78 is 5.24. The summed E-state index contributed by atoms with van der Waals surface area (Å²) in [6.07, 6.45) is 0. The van der Waals surface area contributed by atoms with Gasteiger partial charge in [-0.2, -0.15) is 0 Å². The number of hydrogen-bond acceptors (Lipinski definition) is 4. The van der Waals surface area contributed by atoms with Crippen molar-refractivity contribution in [3.63, 3.8) is 0 Å². The Balaban J connectivity index is 2.51. The smallest absolute Gasteiger partial charge is 0.255 e. The molecule has 0 atom stereocenters. The van der Waals surface area contributed by atoms with E-state index in [1.807, 2.05) is 0 Å². The molecule has 0 unspecified atom stereocenters. The van der Waals surface area contributed by atoms with Gasteiger partial charge < -0.3 is 19.7 Å². The molecule has 6 heteroatoms. The molecule has 0 aliphatic rings. The molecule has 1 aromatic rings. The van der Waals surface area contributed by atoms with E-state index in [4.69, 9.17) is 9.52 Å². The van der Waals surface area contributed by atoms with E-state index < -0.39 is 0 Å². The van der Waals surface area contributed by atoms with Crippen molar-refractivity contribution in [2.75, 3.05) is 26.7 Å². The molecule has 0 bridgehead atoms. The zero-order valence-electron chi connectivity index (χ0n) is 10.8. The molecule has 0 saturated carbocycles. The number of furan rings is 1. The molecule has 0 aliphatic heterocycles. The van der Waals surface area contributed by atoms with Gasteiger partial charge in [-0.05, 0) is 19.9 Å². The van der Waals surface area contributed by atoms with Gasteiger partial charge in [-0.25, -0.2) is 0 Å². The summed E-state index contributed by atoms with van der Waals surface area (Å²) in [6, 6.07) is 1.63. The summed E-state index contributed by atoms with van der Waals surface area (Å²) in [5, 5.41) is 11.2. The second-order valence-electron chi connectivity index (χ2n) is 4.05. The van der Waals surface area contributed by atoms with Gasteiger partial charge in [0.25, 0.3) is 5.91 Å². The molecule has 2 amide bonds. The minimum absolute atomic E-state index is 0.0982. The molecule has 0 saturated heterocycles. The van der Waals surface area contributed by atoms with E-state index in [0.717, 1.165) is 0 Å². The van der Waals surface area contributed by atoms with E-state index in [1.54, 1.807) is 27.0 Å². The Morgan fingerprint density at radius 1 is 1.44 bits per heavy atom. The summed E-state index contributed by atoms with van der Waals surface area (Å²) in [6.45, 7) is 3.50. The van der Waals surface area contributed by atoms with Crippen LogP contribution in [0.1, 0.15) is 21.9 Å². The van der Waals surface area contributed by atoms with Crippen molar-refractivity contribution in [3.8, 4) is 0 Å². The highest BCUT2D eigenvalue weighted by molar-refractivity contribution is 5.97. The van der Waals surface area contributed by atoms with Crippen LogP contribution in [0.25, 0.3) is 0 Å². The van der Waals surface area contributed by atoms with Crippen molar-refractivity contribution in [3.05, 3.63) is 23.2 Å². The lowest BCUT2D eigenvalue weighted by molar-refractivity contribution is -0.129. The van der Waals surface area contributed by atoms with Gasteiger partial charge in [0.15, 0.2) is 0 Å². The fraction of sp³-hybridized carbons (Fsp3) is 0.500. The first-order valence-corrected chi connectivity index (χ1v) is 5.65. The Bertz CT molecular complexity index is 439. The number of carbonyl (C=O) groups excluding carboxylic acids is 2. The number of aryl methyl sites for hydroxylation is 2. The Kier molecular flexibility index (Phi) is 4.91.